The SMILES string of the molecule is [CH2-]C.[O]=[Rh]=[O]. The Bertz CT molecular complexity index is 28.6. The summed E-state index contributed by atoms with van der Waals surface area (Å²) in [5.74, 6) is 0. The summed E-state index contributed by atoms with van der Waals surface area (Å²) in [7, 11) is 0. The topological polar surface area (TPSA) is 34.1 Å². The van der Waals surface area contributed by atoms with Gasteiger partial charge in [-0.3, -0.25) is 0 Å². The zero-order chi connectivity index (χ0) is 4.71. The fourth-order valence-corrected chi connectivity index (χ4v) is 0. The second kappa shape index (κ2) is 29.3. The summed E-state index contributed by atoms with van der Waals surface area (Å²) in [6, 6.07) is 0. The summed E-state index contributed by atoms with van der Waals surface area (Å²) < 4.78 is 16.9. The third kappa shape index (κ3) is 418. The van der Waals surface area contributed by atoms with E-state index in [2.05, 4.69) is 6.92 Å². The van der Waals surface area contributed by atoms with E-state index in [4.69, 9.17) is 7.15 Å². The van der Waals surface area contributed by atoms with Crippen LogP contribution in [0.15, 0.2) is 0 Å². The van der Waals surface area contributed by atoms with Crippen molar-refractivity contribution in [3.05, 3.63) is 6.92 Å². The Morgan fingerprint density at radius 2 is 1.40 bits per heavy atom. The molecule has 0 aromatic carbocycles. The maximum absolute atomic E-state index is 8.44. The Kier molecular flexibility index (Phi) is 52.6. The van der Waals surface area contributed by atoms with Crippen LogP contribution < -0.4 is 0 Å². The van der Waals surface area contributed by atoms with E-state index in [1.165, 1.54) is 0 Å². The molecule has 0 amide bonds. The normalized spacial score (nSPS) is 4.40. The van der Waals surface area contributed by atoms with Crippen LogP contribution >= 0.6 is 0 Å². The molecule has 0 fully saturated rings. The van der Waals surface area contributed by atoms with Crippen molar-refractivity contribution < 1.29 is 24.2 Å². The predicted octanol–water partition coefficient (Wildman–Crippen LogP) is 0.600. The van der Waals surface area contributed by atoms with Crippen molar-refractivity contribution in [2.24, 2.45) is 0 Å². The van der Waals surface area contributed by atoms with Crippen LogP contribution in [-0.4, -0.2) is 0 Å². The Morgan fingerprint density at radius 3 is 1.40 bits per heavy atom. The standard InChI is InChI=1S/C2H5.2O.Rh/c1-2;;;/h1H2,2H3;;;/q-1;;;. The molecule has 0 heterocycles. The summed E-state index contributed by atoms with van der Waals surface area (Å²) in [5.41, 5.74) is 0. The van der Waals surface area contributed by atoms with Crippen LogP contribution in [0.4, 0.5) is 0 Å². The fraction of sp³-hybridized carbons (Fsp3) is 0.500. The molecule has 0 aromatic rings. The van der Waals surface area contributed by atoms with Gasteiger partial charge in [0.1, 0.15) is 0 Å². The molecule has 0 bridgehead atoms. The first-order valence-corrected chi connectivity index (χ1v) is 2.32. The van der Waals surface area contributed by atoms with Crippen molar-refractivity contribution in [3.63, 3.8) is 0 Å². The van der Waals surface area contributed by atoms with Crippen molar-refractivity contribution in [2.75, 3.05) is 0 Å². The molecule has 0 unspecified atom stereocenters. The molecule has 3 heteroatoms. The first-order chi connectivity index (χ1) is 2.41. The van der Waals surface area contributed by atoms with Gasteiger partial charge in [0.05, 0.1) is 0 Å². The monoisotopic (exact) mass is 164 g/mol. The molecule has 2 nitrogen and oxygen atoms in total. The van der Waals surface area contributed by atoms with Gasteiger partial charge in [-0.2, -0.15) is 6.92 Å². The van der Waals surface area contributed by atoms with Crippen LogP contribution in [0.1, 0.15) is 6.92 Å². The van der Waals surface area contributed by atoms with Gasteiger partial charge < -0.3 is 6.92 Å². The van der Waals surface area contributed by atoms with Gasteiger partial charge >= 0.3 is 24.2 Å². The molecule has 0 radical (unpaired) electrons. The molecule has 5 heavy (non-hydrogen) atoms. The van der Waals surface area contributed by atoms with E-state index in [0.717, 1.165) is 0 Å². The summed E-state index contributed by atoms with van der Waals surface area (Å²) in [4.78, 5) is 0. The van der Waals surface area contributed by atoms with E-state index in [9.17, 15) is 0 Å². The Labute approximate surface area is 38.7 Å². The Morgan fingerprint density at radius 1 is 1.40 bits per heavy atom. The van der Waals surface area contributed by atoms with Crippen LogP contribution in [-0.2, 0) is 24.2 Å². The van der Waals surface area contributed by atoms with E-state index in [-0.39, 0.29) is 0 Å². The molecular formula is C2H5O2Rh-. The average molecular weight is 164 g/mol. The molecular weight excluding hydrogens is 159 g/mol. The van der Waals surface area contributed by atoms with E-state index < -0.39 is 17.0 Å². The van der Waals surface area contributed by atoms with Crippen molar-refractivity contribution in [1.82, 2.24) is 0 Å². The molecule has 35 valence electrons. The second-order valence-electron chi connectivity index (χ2n) is 0.0556. The zero-order valence-corrected chi connectivity index (χ0v) is 4.50. The van der Waals surface area contributed by atoms with Gasteiger partial charge in [-0.25, -0.2) is 0 Å². The molecule has 0 saturated carbocycles. The van der Waals surface area contributed by atoms with Crippen LogP contribution in [0, 0.1) is 6.92 Å². The number of rotatable bonds is 0. The molecule has 0 aromatic heterocycles. The molecule has 0 aliphatic carbocycles. The van der Waals surface area contributed by atoms with Gasteiger partial charge in [0, 0.05) is 0 Å². The van der Waals surface area contributed by atoms with Crippen molar-refractivity contribution >= 4 is 0 Å². The summed E-state index contributed by atoms with van der Waals surface area (Å²) in [6.07, 6.45) is 0. The van der Waals surface area contributed by atoms with Crippen LogP contribution in [0.5, 0.6) is 0 Å². The quantitative estimate of drug-likeness (QED) is 0.388. The van der Waals surface area contributed by atoms with Gasteiger partial charge in [-0.1, -0.05) is 0 Å². The van der Waals surface area contributed by atoms with Gasteiger partial charge in [-0.15, -0.1) is 0 Å². The van der Waals surface area contributed by atoms with Crippen LogP contribution in [0.25, 0.3) is 0 Å². The third-order valence-electron chi connectivity index (χ3n) is 0. The van der Waals surface area contributed by atoms with Crippen LogP contribution in [0.3, 0.4) is 0 Å². The van der Waals surface area contributed by atoms with Gasteiger partial charge in [0.2, 0.25) is 0 Å². The number of hydrogen-bond donors (Lipinski definition) is 0. The van der Waals surface area contributed by atoms with E-state index in [1.807, 2.05) is 0 Å². The van der Waals surface area contributed by atoms with Crippen molar-refractivity contribution in [1.29, 1.82) is 0 Å². The molecule has 0 N–H and O–H groups in total. The molecule has 0 aliphatic rings. The molecule has 0 rings (SSSR count). The van der Waals surface area contributed by atoms with Gasteiger partial charge in [0.25, 0.3) is 0 Å². The maximum atomic E-state index is 8.44. The minimum absolute atomic E-state index is 1.67. The summed E-state index contributed by atoms with van der Waals surface area (Å²) in [5, 5.41) is 0. The zero-order valence-electron chi connectivity index (χ0n) is 2.86. The first kappa shape index (κ1) is 8.97. The predicted molar refractivity (Wildman–Crippen MR) is 12.4 cm³/mol. The summed E-state index contributed by atoms with van der Waals surface area (Å²) >= 11 is -1.67. The molecule has 0 saturated heterocycles. The van der Waals surface area contributed by atoms with E-state index >= 15 is 0 Å². The van der Waals surface area contributed by atoms with Crippen molar-refractivity contribution in [2.45, 2.75) is 6.92 Å². The fourth-order valence-electron chi connectivity index (χ4n) is 0. The minimum atomic E-state index is -1.67. The molecule has 0 atom stereocenters. The molecule has 0 aliphatic heterocycles. The summed E-state index contributed by atoms with van der Waals surface area (Å²) in [6.45, 7) is 5.00. The second-order valence-corrected chi connectivity index (χ2v) is 0.329. The Balaban J connectivity index is 0. The van der Waals surface area contributed by atoms with Gasteiger partial charge in [-0.05, 0) is 0 Å². The van der Waals surface area contributed by atoms with Crippen LogP contribution in [0.2, 0.25) is 0 Å². The van der Waals surface area contributed by atoms with E-state index in [0.29, 0.717) is 0 Å². The van der Waals surface area contributed by atoms with Gasteiger partial charge in [0.15, 0.2) is 0 Å². The average Bonchev–Trinajstić information content (AvgIpc) is 1.46. The third-order valence-corrected chi connectivity index (χ3v) is 0. The first-order valence-electron chi connectivity index (χ1n) is 0.979. The Hall–Kier alpha value is 0.223. The van der Waals surface area contributed by atoms with Crippen molar-refractivity contribution in [3.8, 4) is 0 Å². The van der Waals surface area contributed by atoms with E-state index in [1.54, 1.807) is 6.92 Å². The molecule has 0 spiro atoms. The number of hydrogen-bond acceptors (Lipinski definition) is 2.